The highest BCUT2D eigenvalue weighted by Crippen LogP contribution is 2.02. The Labute approximate surface area is 128 Å². The molecule has 0 saturated carbocycles. The fraction of sp³-hybridized carbons (Fsp3) is 0.750. The molecule has 0 heterocycles. The second kappa shape index (κ2) is 13.6. The summed E-state index contributed by atoms with van der Waals surface area (Å²) in [4.78, 5) is 22.6. The van der Waals surface area contributed by atoms with Crippen LogP contribution in [0, 0.1) is 0 Å². The van der Waals surface area contributed by atoms with E-state index in [0.29, 0.717) is 13.0 Å². The van der Waals surface area contributed by atoms with Crippen LogP contribution in [0.5, 0.6) is 0 Å². The first-order valence-corrected chi connectivity index (χ1v) is 7.94. The fourth-order valence-corrected chi connectivity index (χ4v) is 1.87. The normalized spacial score (nSPS) is 10.2. The van der Waals surface area contributed by atoms with Crippen molar-refractivity contribution in [3.63, 3.8) is 0 Å². The summed E-state index contributed by atoms with van der Waals surface area (Å²) < 4.78 is 0. The summed E-state index contributed by atoms with van der Waals surface area (Å²) in [5, 5.41) is 8.76. The Hall–Kier alpha value is -1.36. The van der Waals surface area contributed by atoms with E-state index in [0.717, 1.165) is 57.3 Å². The van der Waals surface area contributed by atoms with Crippen LogP contribution in [0.2, 0.25) is 0 Å². The molecule has 0 aromatic rings. The molecular formula is C16H31N3O2. The van der Waals surface area contributed by atoms with Gasteiger partial charge in [-0.3, -0.25) is 9.59 Å². The second-order valence-electron chi connectivity index (χ2n) is 5.38. The Morgan fingerprint density at radius 1 is 0.905 bits per heavy atom. The molecule has 0 fully saturated rings. The van der Waals surface area contributed by atoms with Crippen molar-refractivity contribution in [1.82, 2.24) is 16.0 Å². The minimum Gasteiger partial charge on any atom is -0.356 e. The molecule has 0 aromatic heterocycles. The van der Waals surface area contributed by atoms with Gasteiger partial charge in [0.25, 0.3) is 0 Å². The molecule has 2 amide bonds. The van der Waals surface area contributed by atoms with Crippen LogP contribution in [0.3, 0.4) is 0 Å². The molecule has 0 spiro atoms. The topological polar surface area (TPSA) is 70.2 Å². The summed E-state index contributed by atoms with van der Waals surface area (Å²) in [6.07, 6.45) is 5.81. The first kappa shape index (κ1) is 19.6. The van der Waals surface area contributed by atoms with Gasteiger partial charge in [0.1, 0.15) is 0 Å². The molecule has 0 rings (SSSR count). The van der Waals surface area contributed by atoms with Gasteiger partial charge in [0.05, 0.1) is 6.54 Å². The van der Waals surface area contributed by atoms with Crippen molar-refractivity contribution in [3.8, 4) is 0 Å². The van der Waals surface area contributed by atoms with Crippen LogP contribution >= 0.6 is 0 Å². The lowest BCUT2D eigenvalue weighted by molar-refractivity contribution is -0.121. The largest absolute Gasteiger partial charge is 0.356 e. The number of nitrogens with one attached hydrogen (secondary N) is 3. The van der Waals surface area contributed by atoms with Gasteiger partial charge in [-0.1, -0.05) is 38.3 Å². The molecule has 3 N–H and O–H groups in total. The van der Waals surface area contributed by atoms with Crippen LogP contribution in [-0.2, 0) is 9.59 Å². The summed E-state index contributed by atoms with van der Waals surface area (Å²) in [5.74, 6) is 0.128. The molecule has 0 aromatic carbocycles. The van der Waals surface area contributed by atoms with E-state index in [-0.39, 0.29) is 11.8 Å². The van der Waals surface area contributed by atoms with Crippen LogP contribution < -0.4 is 16.0 Å². The van der Waals surface area contributed by atoms with Crippen molar-refractivity contribution >= 4 is 11.8 Å². The molecule has 5 heteroatoms. The zero-order valence-corrected chi connectivity index (χ0v) is 13.6. The van der Waals surface area contributed by atoms with Crippen LogP contribution in [0.25, 0.3) is 0 Å². The van der Waals surface area contributed by atoms with Crippen molar-refractivity contribution in [2.24, 2.45) is 0 Å². The van der Waals surface area contributed by atoms with Gasteiger partial charge >= 0.3 is 0 Å². The third-order valence-corrected chi connectivity index (χ3v) is 3.00. The van der Waals surface area contributed by atoms with Crippen LogP contribution in [0.15, 0.2) is 12.2 Å². The molecule has 0 radical (unpaired) electrons. The average Bonchev–Trinajstić information content (AvgIpc) is 2.42. The van der Waals surface area contributed by atoms with Gasteiger partial charge in [0, 0.05) is 19.5 Å². The van der Waals surface area contributed by atoms with E-state index in [1.165, 1.54) is 0 Å². The molecule has 5 nitrogen and oxygen atoms in total. The van der Waals surface area contributed by atoms with Crippen LogP contribution in [0.1, 0.15) is 52.4 Å². The molecule has 0 unspecified atom stereocenters. The van der Waals surface area contributed by atoms with Gasteiger partial charge in [0.15, 0.2) is 0 Å². The minimum atomic E-state index is 0.0610. The van der Waals surface area contributed by atoms with E-state index in [4.69, 9.17) is 0 Å². The summed E-state index contributed by atoms with van der Waals surface area (Å²) in [5.41, 5.74) is 0.892. The average molecular weight is 297 g/mol. The molecule has 21 heavy (non-hydrogen) atoms. The van der Waals surface area contributed by atoms with E-state index in [1.54, 1.807) is 0 Å². The highest BCUT2D eigenvalue weighted by Gasteiger charge is 2.00. The molecular weight excluding hydrogens is 266 g/mol. The molecule has 0 aliphatic carbocycles. The van der Waals surface area contributed by atoms with E-state index in [1.807, 2.05) is 13.8 Å². The summed E-state index contributed by atoms with van der Waals surface area (Å²) in [6, 6.07) is 0. The third-order valence-electron chi connectivity index (χ3n) is 3.00. The minimum absolute atomic E-state index is 0.0610. The number of rotatable bonds is 13. The first-order chi connectivity index (χ1) is 10.1. The Kier molecular flexibility index (Phi) is 12.7. The molecule has 0 bridgehead atoms. The monoisotopic (exact) mass is 297 g/mol. The lowest BCUT2D eigenvalue weighted by Gasteiger charge is -2.06. The van der Waals surface area contributed by atoms with Crippen molar-refractivity contribution in [1.29, 1.82) is 0 Å². The van der Waals surface area contributed by atoms with Crippen LogP contribution in [-0.4, -0.2) is 38.0 Å². The Morgan fingerprint density at radius 3 is 1.95 bits per heavy atom. The summed E-state index contributed by atoms with van der Waals surface area (Å²) in [6.45, 7) is 10.3. The molecule has 0 aliphatic rings. The second-order valence-corrected chi connectivity index (χ2v) is 5.38. The molecule has 0 aliphatic heterocycles. The lowest BCUT2D eigenvalue weighted by atomic mass is 10.1. The maximum atomic E-state index is 11.3. The standard InChI is InChI=1S/C16H31N3O2/c1-4-17-13-16(21)19-11-9-7-5-6-8-10-18-15(20)12-14(2)3/h17H,2,4-13H2,1,3H3,(H,18,20)(H,19,21). The molecule has 122 valence electrons. The Bertz CT molecular complexity index is 317. The van der Waals surface area contributed by atoms with E-state index in [2.05, 4.69) is 22.5 Å². The van der Waals surface area contributed by atoms with Gasteiger partial charge in [-0.2, -0.15) is 0 Å². The smallest absolute Gasteiger partial charge is 0.233 e. The number of likely N-dealkylation sites (N-methyl/N-ethyl adjacent to an activating group) is 1. The fourth-order valence-electron chi connectivity index (χ4n) is 1.87. The highest BCUT2D eigenvalue weighted by molar-refractivity contribution is 5.78. The maximum Gasteiger partial charge on any atom is 0.233 e. The van der Waals surface area contributed by atoms with Gasteiger partial charge in [-0.05, 0) is 26.3 Å². The number of hydrogen-bond donors (Lipinski definition) is 3. The Balaban J connectivity index is 3.24. The third kappa shape index (κ3) is 14.9. The van der Waals surface area contributed by atoms with Crippen molar-refractivity contribution < 1.29 is 9.59 Å². The number of carbonyl (C=O) groups excluding carboxylic acids is 2. The summed E-state index contributed by atoms with van der Waals surface area (Å²) >= 11 is 0. The maximum absolute atomic E-state index is 11.3. The number of unbranched alkanes of at least 4 members (excludes halogenated alkanes) is 4. The lowest BCUT2D eigenvalue weighted by Crippen LogP contribution is -2.34. The van der Waals surface area contributed by atoms with Gasteiger partial charge in [0.2, 0.25) is 11.8 Å². The SMILES string of the molecule is C=C(C)CC(=O)NCCCCCCCNC(=O)CNCC. The van der Waals surface area contributed by atoms with E-state index >= 15 is 0 Å². The van der Waals surface area contributed by atoms with Crippen molar-refractivity contribution in [3.05, 3.63) is 12.2 Å². The van der Waals surface area contributed by atoms with E-state index in [9.17, 15) is 9.59 Å². The predicted molar refractivity (Wildman–Crippen MR) is 87.1 cm³/mol. The van der Waals surface area contributed by atoms with E-state index < -0.39 is 0 Å². The number of carbonyl (C=O) groups is 2. The van der Waals surface area contributed by atoms with Gasteiger partial charge in [-0.15, -0.1) is 0 Å². The summed E-state index contributed by atoms with van der Waals surface area (Å²) in [7, 11) is 0. The zero-order valence-electron chi connectivity index (χ0n) is 13.6. The molecule has 0 atom stereocenters. The van der Waals surface area contributed by atoms with Crippen molar-refractivity contribution in [2.45, 2.75) is 52.4 Å². The molecule has 0 saturated heterocycles. The zero-order chi connectivity index (χ0) is 15.9. The Morgan fingerprint density at radius 2 is 1.43 bits per heavy atom. The highest BCUT2D eigenvalue weighted by atomic mass is 16.2. The van der Waals surface area contributed by atoms with Gasteiger partial charge < -0.3 is 16.0 Å². The number of amides is 2. The number of hydrogen-bond acceptors (Lipinski definition) is 3. The quantitative estimate of drug-likeness (QED) is 0.358. The van der Waals surface area contributed by atoms with Gasteiger partial charge in [-0.25, -0.2) is 0 Å². The van der Waals surface area contributed by atoms with Crippen LogP contribution in [0.4, 0.5) is 0 Å². The van der Waals surface area contributed by atoms with Crippen molar-refractivity contribution in [2.75, 3.05) is 26.2 Å². The first-order valence-electron chi connectivity index (χ1n) is 7.94. The predicted octanol–water partition coefficient (Wildman–Crippen LogP) is 1.74.